The van der Waals surface area contributed by atoms with Crippen molar-refractivity contribution in [3.8, 4) is 0 Å². The lowest BCUT2D eigenvalue weighted by Gasteiger charge is -2.30. The first-order valence-corrected chi connectivity index (χ1v) is 5.94. The van der Waals surface area contributed by atoms with Crippen molar-refractivity contribution in [1.82, 2.24) is 15.5 Å². The molecule has 1 N–H and O–H groups in total. The normalized spacial score (nSPS) is 30.2. The quantitative estimate of drug-likeness (QED) is 0.861. The fourth-order valence-electron chi connectivity index (χ4n) is 2.31. The minimum absolute atomic E-state index is 0.102. The number of rotatable bonds is 2. The Labute approximate surface area is 97.8 Å². The second-order valence-corrected chi connectivity index (χ2v) is 5.28. The van der Waals surface area contributed by atoms with E-state index in [4.69, 9.17) is 4.52 Å². The molecule has 17 heavy (non-hydrogen) atoms. The number of piperidine rings is 1. The van der Waals surface area contributed by atoms with Gasteiger partial charge in [0.05, 0.1) is 0 Å². The van der Waals surface area contributed by atoms with Crippen LogP contribution in [0.5, 0.6) is 0 Å². The van der Waals surface area contributed by atoms with Gasteiger partial charge >= 0.3 is 0 Å². The first-order chi connectivity index (χ1) is 8.01. The highest BCUT2D eigenvalue weighted by Crippen LogP contribution is 2.55. The summed E-state index contributed by atoms with van der Waals surface area (Å²) in [6.07, 6.45) is 1.66. The number of hydrogen-bond acceptors (Lipinski definition) is 4. The predicted octanol–water partition coefficient (Wildman–Crippen LogP) is 1.83. The van der Waals surface area contributed by atoms with Gasteiger partial charge in [0.25, 0.3) is 5.92 Å². The molecule has 1 saturated carbocycles. The maximum atomic E-state index is 12.9. The van der Waals surface area contributed by atoms with Crippen LogP contribution in [-0.2, 0) is 5.41 Å². The van der Waals surface area contributed by atoms with Crippen molar-refractivity contribution in [2.24, 2.45) is 0 Å². The fourth-order valence-corrected chi connectivity index (χ4v) is 2.31. The zero-order valence-corrected chi connectivity index (χ0v) is 9.67. The van der Waals surface area contributed by atoms with Crippen LogP contribution in [0.15, 0.2) is 4.52 Å². The van der Waals surface area contributed by atoms with Gasteiger partial charge in [0, 0.05) is 11.8 Å². The minimum atomic E-state index is -2.64. The van der Waals surface area contributed by atoms with Gasteiger partial charge in [-0.15, -0.1) is 0 Å². The molecule has 0 spiro atoms. The summed E-state index contributed by atoms with van der Waals surface area (Å²) in [6, 6.07) is 0. The minimum Gasteiger partial charge on any atom is -0.339 e. The van der Waals surface area contributed by atoms with E-state index in [1.54, 1.807) is 0 Å². The van der Waals surface area contributed by atoms with Crippen LogP contribution in [0.1, 0.15) is 43.8 Å². The standard InChI is InChI=1S/C11H15F2N3O/c1-10(2-4-14-5-3-10)9-15-8(17-16-9)7-6-11(7,12)13/h7,14H,2-6H2,1H3. The summed E-state index contributed by atoms with van der Waals surface area (Å²) in [7, 11) is 0. The molecule has 4 nitrogen and oxygen atoms in total. The van der Waals surface area contributed by atoms with Gasteiger partial charge in [-0.3, -0.25) is 0 Å². The molecule has 94 valence electrons. The molecular formula is C11H15F2N3O. The van der Waals surface area contributed by atoms with Crippen LogP contribution in [-0.4, -0.2) is 29.2 Å². The van der Waals surface area contributed by atoms with E-state index >= 15 is 0 Å². The molecule has 3 rings (SSSR count). The van der Waals surface area contributed by atoms with E-state index in [0.29, 0.717) is 5.82 Å². The van der Waals surface area contributed by atoms with Crippen LogP contribution in [0.25, 0.3) is 0 Å². The number of nitrogens with zero attached hydrogens (tertiary/aromatic N) is 2. The summed E-state index contributed by atoms with van der Waals surface area (Å²) >= 11 is 0. The largest absolute Gasteiger partial charge is 0.339 e. The van der Waals surface area contributed by atoms with E-state index < -0.39 is 11.8 Å². The van der Waals surface area contributed by atoms with Gasteiger partial charge in [0.15, 0.2) is 5.82 Å². The van der Waals surface area contributed by atoms with E-state index in [2.05, 4.69) is 22.4 Å². The van der Waals surface area contributed by atoms with E-state index in [1.165, 1.54) is 0 Å². The van der Waals surface area contributed by atoms with Gasteiger partial charge in [-0.05, 0) is 25.9 Å². The van der Waals surface area contributed by atoms with Gasteiger partial charge in [0.2, 0.25) is 5.89 Å². The van der Waals surface area contributed by atoms with Crippen LogP contribution in [0.4, 0.5) is 8.78 Å². The molecule has 2 heterocycles. The molecule has 1 aliphatic heterocycles. The van der Waals surface area contributed by atoms with Crippen LogP contribution in [0.2, 0.25) is 0 Å². The molecule has 0 radical (unpaired) electrons. The number of nitrogens with one attached hydrogen (secondary N) is 1. The summed E-state index contributed by atoms with van der Waals surface area (Å²) in [5, 5.41) is 7.15. The number of hydrogen-bond donors (Lipinski definition) is 1. The van der Waals surface area contributed by atoms with Gasteiger partial charge in [-0.1, -0.05) is 12.1 Å². The Morgan fingerprint density at radius 3 is 2.59 bits per heavy atom. The van der Waals surface area contributed by atoms with Crippen molar-refractivity contribution in [3.63, 3.8) is 0 Å². The zero-order chi connectivity index (χ0) is 12.1. The maximum Gasteiger partial charge on any atom is 0.260 e. The fraction of sp³-hybridized carbons (Fsp3) is 0.818. The summed E-state index contributed by atoms with van der Waals surface area (Å²) in [5.41, 5.74) is -0.142. The summed E-state index contributed by atoms with van der Waals surface area (Å²) < 4.78 is 30.8. The molecule has 1 aliphatic carbocycles. The highest BCUT2D eigenvalue weighted by atomic mass is 19.3. The smallest absolute Gasteiger partial charge is 0.260 e. The van der Waals surface area contributed by atoms with Crippen molar-refractivity contribution >= 4 is 0 Å². The third-order valence-electron chi connectivity index (χ3n) is 3.81. The SMILES string of the molecule is CC1(c2noc(C3CC3(F)F)n2)CCNCC1. The highest BCUT2D eigenvalue weighted by molar-refractivity contribution is 5.16. The van der Waals surface area contributed by atoms with Crippen molar-refractivity contribution in [2.75, 3.05) is 13.1 Å². The first-order valence-electron chi connectivity index (χ1n) is 5.94. The Balaban J connectivity index is 1.80. The summed E-state index contributed by atoms with van der Waals surface area (Å²) in [6.45, 7) is 3.87. The average molecular weight is 243 g/mol. The molecule has 1 saturated heterocycles. The van der Waals surface area contributed by atoms with Crippen molar-refractivity contribution in [2.45, 2.75) is 43.4 Å². The highest BCUT2D eigenvalue weighted by Gasteiger charge is 2.61. The number of halogens is 2. The monoisotopic (exact) mass is 243 g/mol. The van der Waals surface area contributed by atoms with Crippen molar-refractivity contribution in [1.29, 1.82) is 0 Å². The second kappa shape index (κ2) is 3.48. The lowest BCUT2D eigenvalue weighted by atomic mass is 9.80. The van der Waals surface area contributed by atoms with Crippen molar-refractivity contribution < 1.29 is 13.3 Å². The molecule has 6 heteroatoms. The second-order valence-electron chi connectivity index (χ2n) is 5.28. The molecule has 2 fully saturated rings. The Hall–Kier alpha value is -1.04. The van der Waals surface area contributed by atoms with Crippen LogP contribution in [0.3, 0.4) is 0 Å². The Bertz CT molecular complexity index is 426. The molecule has 1 unspecified atom stereocenters. The van der Waals surface area contributed by atoms with Gasteiger partial charge < -0.3 is 9.84 Å². The third kappa shape index (κ3) is 1.84. The Kier molecular flexibility index (Phi) is 2.26. The summed E-state index contributed by atoms with van der Waals surface area (Å²) in [4.78, 5) is 4.18. The molecule has 1 aromatic rings. The Morgan fingerprint density at radius 2 is 2.00 bits per heavy atom. The topological polar surface area (TPSA) is 51.0 Å². The van der Waals surface area contributed by atoms with Crippen LogP contribution >= 0.6 is 0 Å². The molecular weight excluding hydrogens is 228 g/mol. The lowest BCUT2D eigenvalue weighted by molar-refractivity contribution is 0.106. The Morgan fingerprint density at radius 1 is 1.35 bits per heavy atom. The molecule has 2 aliphatic rings. The van der Waals surface area contributed by atoms with E-state index in [9.17, 15) is 8.78 Å². The molecule has 0 bridgehead atoms. The van der Waals surface area contributed by atoms with Gasteiger partial charge in [-0.2, -0.15) is 4.98 Å². The summed E-state index contributed by atoms with van der Waals surface area (Å²) in [5.74, 6) is -2.81. The number of aromatic nitrogens is 2. The molecule has 0 aromatic carbocycles. The predicted molar refractivity (Wildman–Crippen MR) is 56.1 cm³/mol. The number of alkyl halides is 2. The third-order valence-corrected chi connectivity index (χ3v) is 3.81. The molecule has 1 atom stereocenters. The first kappa shape index (κ1) is 11.1. The van der Waals surface area contributed by atoms with E-state index in [0.717, 1.165) is 25.9 Å². The zero-order valence-electron chi connectivity index (χ0n) is 9.67. The van der Waals surface area contributed by atoms with Crippen LogP contribution < -0.4 is 5.32 Å². The van der Waals surface area contributed by atoms with Gasteiger partial charge in [-0.25, -0.2) is 8.78 Å². The molecule has 0 amide bonds. The van der Waals surface area contributed by atoms with E-state index in [1.807, 2.05) is 0 Å². The maximum absolute atomic E-state index is 12.9. The van der Waals surface area contributed by atoms with E-state index in [-0.39, 0.29) is 17.7 Å². The van der Waals surface area contributed by atoms with Crippen LogP contribution in [0, 0.1) is 0 Å². The average Bonchev–Trinajstić information content (AvgIpc) is 2.76. The van der Waals surface area contributed by atoms with Crippen molar-refractivity contribution in [3.05, 3.63) is 11.7 Å². The van der Waals surface area contributed by atoms with Gasteiger partial charge in [0.1, 0.15) is 5.92 Å². The molecule has 1 aromatic heterocycles. The lowest BCUT2D eigenvalue weighted by Crippen LogP contribution is -2.38.